The number of hydrogen-bond acceptors (Lipinski definition) is 2. The number of pyridine rings is 1. The van der Waals surface area contributed by atoms with Crippen LogP contribution in [-0.2, 0) is 0 Å². The van der Waals surface area contributed by atoms with Gasteiger partial charge in [0.15, 0.2) is 5.11 Å². The Morgan fingerprint density at radius 3 is 2.64 bits per heavy atom. The summed E-state index contributed by atoms with van der Waals surface area (Å²) >= 11 is 5.79. The zero-order valence-electron chi connectivity index (χ0n) is 14.9. The Hall–Kier alpha value is -1.88. The first-order valence-electron chi connectivity index (χ1n) is 9.33. The Morgan fingerprint density at radius 2 is 1.96 bits per heavy atom. The van der Waals surface area contributed by atoms with Gasteiger partial charge in [0, 0.05) is 30.2 Å². The van der Waals surface area contributed by atoms with E-state index < -0.39 is 0 Å². The molecule has 0 amide bonds. The van der Waals surface area contributed by atoms with Crippen LogP contribution in [0.1, 0.15) is 69.0 Å². The van der Waals surface area contributed by atoms with Crippen LogP contribution >= 0.6 is 12.2 Å². The van der Waals surface area contributed by atoms with Crippen molar-refractivity contribution in [3.05, 3.63) is 54.1 Å². The van der Waals surface area contributed by atoms with Gasteiger partial charge in [-0.05, 0) is 63.2 Å². The highest BCUT2D eigenvalue weighted by atomic mass is 32.1. The summed E-state index contributed by atoms with van der Waals surface area (Å²) in [5.41, 5.74) is 2.39. The van der Waals surface area contributed by atoms with E-state index in [1.165, 1.54) is 31.4 Å². The predicted molar refractivity (Wildman–Crippen MR) is 104 cm³/mol. The molecule has 2 aliphatic rings. The van der Waals surface area contributed by atoms with Crippen molar-refractivity contribution in [3.63, 3.8) is 0 Å². The van der Waals surface area contributed by atoms with Crippen molar-refractivity contribution in [1.29, 1.82) is 0 Å². The molecular weight excluding hydrogens is 328 g/mol. The van der Waals surface area contributed by atoms with Crippen molar-refractivity contribution in [3.8, 4) is 0 Å². The lowest BCUT2D eigenvalue weighted by Crippen LogP contribution is -2.38. The molecule has 1 aliphatic heterocycles. The fraction of sp³-hybridized carbons (Fsp3) is 0.500. The molecule has 5 heteroatoms. The standard InChI is InChI=1S/C20H26N4S/c1-14(2)23-13-7-11-17(23)19-18(16-10-5-6-12-21-16)22-20(25)24(19)15-8-3-4-9-15/h5-7,10-15,18-19H,3-4,8-9H2,1-2H3,(H,22,25)/t18-,19-/m0/s1. The molecule has 25 heavy (non-hydrogen) atoms. The molecule has 4 rings (SSSR count). The van der Waals surface area contributed by atoms with E-state index in [1.54, 1.807) is 0 Å². The lowest BCUT2D eigenvalue weighted by Gasteiger charge is -2.34. The van der Waals surface area contributed by atoms with Gasteiger partial charge in [0.1, 0.15) is 0 Å². The molecule has 1 saturated carbocycles. The van der Waals surface area contributed by atoms with Crippen molar-refractivity contribution >= 4 is 17.3 Å². The summed E-state index contributed by atoms with van der Waals surface area (Å²) in [5.74, 6) is 0. The molecule has 3 heterocycles. The first kappa shape index (κ1) is 16.6. The van der Waals surface area contributed by atoms with E-state index >= 15 is 0 Å². The lowest BCUT2D eigenvalue weighted by atomic mass is 9.99. The number of thiocarbonyl (C=S) groups is 1. The van der Waals surface area contributed by atoms with Crippen molar-refractivity contribution in [2.45, 2.75) is 63.7 Å². The first-order chi connectivity index (χ1) is 12.2. The second-order valence-corrected chi connectivity index (χ2v) is 7.79. The van der Waals surface area contributed by atoms with E-state index in [1.807, 2.05) is 12.3 Å². The summed E-state index contributed by atoms with van der Waals surface area (Å²) in [7, 11) is 0. The second-order valence-electron chi connectivity index (χ2n) is 7.41. The molecule has 0 unspecified atom stereocenters. The number of nitrogens with zero attached hydrogens (tertiary/aromatic N) is 3. The lowest BCUT2D eigenvalue weighted by molar-refractivity contribution is 0.234. The van der Waals surface area contributed by atoms with Crippen LogP contribution < -0.4 is 5.32 Å². The van der Waals surface area contributed by atoms with Crippen LogP contribution in [0.2, 0.25) is 0 Å². The van der Waals surface area contributed by atoms with Crippen LogP contribution in [0, 0.1) is 0 Å². The molecule has 132 valence electrons. The molecule has 2 atom stereocenters. The fourth-order valence-corrected chi connectivity index (χ4v) is 4.78. The Bertz CT molecular complexity index is 733. The van der Waals surface area contributed by atoms with E-state index in [0.717, 1.165) is 10.8 Å². The molecule has 4 nitrogen and oxygen atoms in total. The van der Waals surface area contributed by atoms with Crippen LogP contribution in [-0.4, -0.2) is 25.6 Å². The van der Waals surface area contributed by atoms with Crippen LogP contribution in [0.25, 0.3) is 0 Å². The van der Waals surface area contributed by atoms with Gasteiger partial charge < -0.3 is 14.8 Å². The Balaban J connectivity index is 1.79. The molecule has 1 aliphatic carbocycles. The van der Waals surface area contributed by atoms with Crippen LogP contribution in [0.15, 0.2) is 42.7 Å². The van der Waals surface area contributed by atoms with Gasteiger partial charge in [-0.25, -0.2) is 0 Å². The highest BCUT2D eigenvalue weighted by molar-refractivity contribution is 7.80. The number of nitrogens with one attached hydrogen (secondary N) is 1. The first-order valence-corrected chi connectivity index (χ1v) is 9.74. The van der Waals surface area contributed by atoms with Crippen molar-refractivity contribution < 1.29 is 0 Å². The Morgan fingerprint density at radius 1 is 1.16 bits per heavy atom. The van der Waals surface area contributed by atoms with E-state index in [9.17, 15) is 0 Å². The SMILES string of the molecule is CC(C)n1cccc1[C@H]1[C@H](c2ccccn2)NC(=S)N1C1CCCC1. The third-order valence-electron chi connectivity index (χ3n) is 5.52. The number of rotatable bonds is 4. The molecule has 0 bridgehead atoms. The van der Waals surface area contributed by atoms with Gasteiger partial charge in [0.05, 0.1) is 17.8 Å². The monoisotopic (exact) mass is 354 g/mol. The van der Waals surface area contributed by atoms with Gasteiger partial charge in [-0.3, -0.25) is 4.98 Å². The van der Waals surface area contributed by atoms with Gasteiger partial charge in [0.25, 0.3) is 0 Å². The Kier molecular flexibility index (Phi) is 4.50. The molecular formula is C20H26N4S. The van der Waals surface area contributed by atoms with E-state index in [2.05, 4.69) is 64.1 Å². The highest BCUT2D eigenvalue weighted by Gasteiger charge is 2.44. The van der Waals surface area contributed by atoms with Gasteiger partial charge in [0.2, 0.25) is 0 Å². The maximum Gasteiger partial charge on any atom is 0.170 e. The van der Waals surface area contributed by atoms with Gasteiger partial charge in [-0.1, -0.05) is 18.9 Å². The van der Waals surface area contributed by atoms with Gasteiger partial charge in [-0.15, -0.1) is 0 Å². The van der Waals surface area contributed by atoms with Gasteiger partial charge >= 0.3 is 0 Å². The summed E-state index contributed by atoms with van der Waals surface area (Å²) in [6, 6.07) is 11.8. The molecule has 1 N–H and O–H groups in total. The molecule has 0 radical (unpaired) electrons. The van der Waals surface area contributed by atoms with Crippen LogP contribution in [0.5, 0.6) is 0 Å². The van der Waals surface area contributed by atoms with E-state index in [4.69, 9.17) is 12.2 Å². The largest absolute Gasteiger partial charge is 0.352 e. The van der Waals surface area contributed by atoms with Crippen molar-refractivity contribution in [2.24, 2.45) is 0 Å². The summed E-state index contributed by atoms with van der Waals surface area (Å²) in [4.78, 5) is 7.10. The third kappa shape index (κ3) is 2.95. The van der Waals surface area contributed by atoms with Crippen molar-refractivity contribution in [1.82, 2.24) is 19.8 Å². The molecule has 2 aromatic rings. The summed E-state index contributed by atoms with van der Waals surface area (Å²) < 4.78 is 2.37. The topological polar surface area (TPSA) is 33.1 Å². The average molecular weight is 355 g/mol. The highest BCUT2D eigenvalue weighted by Crippen LogP contribution is 2.43. The van der Waals surface area contributed by atoms with Gasteiger partial charge in [-0.2, -0.15) is 0 Å². The second kappa shape index (κ2) is 6.79. The normalized spacial score (nSPS) is 24.3. The summed E-state index contributed by atoms with van der Waals surface area (Å²) in [6.45, 7) is 4.47. The smallest absolute Gasteiger partial charge is 0.170 e. The minimum Gasteiger partial charge on any atom is -0.352 e. The maximum atomic E-state index is 5.79. The zero-order valence-corrected chi connectivity index (χ0v) is 15.7. The summed E-state index contributed by atoms with van der Waals surface area (Å²) in [5, 5.41) is 4.46. The average Bonchev–Trinajstić information content (AvgIpc) is 3.34. The zero-order chi connectivity index (χ0) is 17.4. The minimum absolute atomic E-state index is 0.0988. The van der Waals surface area contributed by atoms with E-state index in [-0.39, 0.29) is 12.1 Å². The van der Waals surface area contributed by atoms with Crippen LogP contribution in [0.3, 0.4) is 0 Å². The molecule has 2 fully saturated rings. The molecule has 2 aromatic heterocycles. The maximum absolute atomic E-state index is 5.79. The molecule has 0 aromatic carbocycles. The minimum atomic E-state index is 0.0988. The van der Waals surface area contributed by atoms with Crippen LogP contribution in [0.4, 0.5) is 0 Å². The fourth-order valence-electron chi connectivity index (χ4n) is 4.39. The van der Waals surface area contributed by atoms with Crippen molar-refractivity contribution in [2.75, 3.05) is 0 Å². The van der Waals surface area contributed by atoms with E-state index in [0.29, 0.717) is 12.1 Å². The quantitative estimate of drug-likeness (QED) is 0.826. The third-order valence-corrected chi connectivity index (χ3v) is 5.85. The Labute approximate surface area is 155 Å². The molecule has 0 spiro atoms. The summed E-state index contributed by atoms with van der Waals surface area (Å²) in [6.07, 6.45) is 9.12. The molecule has 1 saturated heterocycles. The number of aromatic nitrogens is 2. The predicted octanol–water partition coefficient (Wildman–Crippen LogP) is 4.38. The number of hydrogen-bond donors (Lipinski definition) is 1.